The van der Waals surface area contributed by atoms with Crippen molar-refractivity contribution in [3.8, 4) is 5.75 Å². The van der Waals surface area contributed by atoms with Gasteiger partial charge in [0.25, 0.3) is 10.6 Å². The number of hydrogen-bond acceptors (Lipinski definition) is 9. The normalized spacial score (nSPS) is 14.1. The van der Waals surface area contributed by atoms with E-state index in [0.717, 1.165) is 47.7 Å². The summed E-state index contributed by atoms with van der Waals surface area (Å²) in [5, 5.41) is 4.65. The third-order valence-corrected chi connectivity index (χ3v) is 12.5. The van der Waals surface area contributed by atoms with E-state index in [4.69, 9.17) is 4.74 Å². The minimum atomic E-state index is -4.27. The van der Waals surface area contributed by atoms with Gasteiger partial charge in [0, 0.05) is 36.0 Å². The van der Waals surface area contributed by atoms with Gasteiger partial charge < -0.3 is 14.2 Å². The number of thiazole rings is 2. The molecule has 2 aromatic heterocycles. The molecule has 0 saturated heterocycles. The van der Waals surface area contributed by atoms with Crippen molar-refractivity contribution in [1.82, 2.24) is 4.57 Å². The zero-order valence-electron chi connectivity index (χ0n) is 26.5. The number of rotatable bonds is 5. The molecule has 8 nitrogen and oxygen atoms in total. The molecule has 0 amide bonds. The van der Waals surface area contributed by atoms with Crippen molar-refractivity contribution in [1.29, 1.82) is 0 Å². The van der Waals surface area contributed by atoms with Crippen LogP contribution in [0.25, 0.3) is 32.1 Å². The van der Waals surface area contributed by atoms with Crippen LogP contribution in [0.15, 0.2) is 93.4 Å². The Balaban J connectivity index is 0.000000322. The van der Waals surface area contributed by atoms with E-state index in [1.165, 1.54) is 33.1 Å². The number of benzene rings is 4. The number of hydrogen-bond donors (Lipinski definition) is 0. The summed E-state index contributed by atoms with van der Waals surface area (Å²) >= 11 is 5.02. The van der Waals surface area contributed by atoms with Crippen LogP contribution in [-0.2, 0) is 23.2 Å². The predicted octanol–water partition coefficient (Wildman–Crippen LogP) is 6.29. The van der Waals surface area contributed by atoms with E-state index < -0.39 is 10.1 Å². The van der Waals surface area contributed by atoms with Gasteiger partial charge in [-0.2, -0.15) is 4.57 Å². The molecule has 0 radical (unpaired) electrons. The smallest absolute Gasteiger partial charge is 0.271 e. The molecule has 4 aromatic carbocycles. The van der Waals surface area contributed by atoms with Gasteiger partial charge in [0.1, 0.15) is 41.3 Å². The van der Waals surface area contributed by atoms with Crippen molar-refractivity contribution in [3.63, 3.8) is 0 Å². The lowest BCUT2D eigenvalue weighted by atomic mass is 10.1. The van der Waals surface area contributed by atoms with Crippen LogP contribution < -0.4 is 29.0 Å². The molecule has 0 spiro atoms. The molecule has 0 atom stereocenters. The maximum absolute atomic E-state index is 13.6. The first kappa shape index (κ1) is 35.4. The third kappa shape index (κ3) is 6.68. The van der Waals surface area contributed by atoms with Crippen LogP contribution in [0.4, 0.5) is 5.69 Å². The van der Waals surface area contributed by atoms with Crippen LogP contribution in [0.5, 0.6) is 5.75 Å². The van der Waals surface area contributed by atoms with Crippen molar-refractivity contribution < 1.29 is 22.3 Å². The van der Waals surface area contributed by atoms with Gasteiger partial charge in [0.15, 0.2) is 0 Å². The second-order valence-corrected chi connectivity index (χ2v) is 15.3. The molecule has 7 rings (SSSR count). The van der Waals surface area contributed by atoms with Gasteiger partial charge in [-0.15, -0.1) is 11.3 Å². The monoisotopic (exact) mass is 719 g/mol. The van der Waals surface area contributed by atoms with Gasteiger partial charge in [0.05, 0.1) is 23.8 Å². The number of aryl methyl sites for hydroxylation is 2. The van der Waals surface area contributed by atoms with Crippen LogP contribution in [-0.4, -0.2) is 31.7 Å². The van der Waals surface area contributed by atoms with E-state index in [-0.39, 0.29) is 17.9 Å². The third-order valence-electron chi connectivity index (χ3n) is 7.96. The molecule has 3 heterocycles. The van der Waals surface area contributed by atoms with Crippen LogP contribution >= 0.6 is 34.4 Å². The van der Waals surface area contributed by atoms with Crippen LogP contribution in [0, 0.1) is 6.92 Å². The Labute approximate surface area is 292 Å². The minimum Gasteiger partial charge on any atom is -0.744 e. The van der Waals surface area contributed by atoms with Gasteiger partial charge in [-0.3, -0.25) is 9.36 Å². The first-order valence-electron chi connectivity index (χ1n) is 15.0. The lowest BCUT2D eigenvalue weighted by Gasteiger charge is -2.13. The fraction of sp³-hybridized carbons (Fsp3) is 0.222. The maximum atomic E-state index is 13.6. The van der Waals surface area contributed by atoms with Crippen molar-refractivity contribution in [2.45, 2.75) is 51.1 Å². The molecular weight excluding hydrogens is 683 g/mol. The van der Waals surface area contributed by atoms with E-state index in [1.807, 2.05) is 37.6 Å². The number of methoxy groups -OCH3 is 1. The quantitative estimate of drug-likeness (QED) is 0.153. The number of anilines is 1. The molecule has 6 aromatic rings. The summed E-state index contributed by atoms with van der Waals surface area (Å²) < 4.78 is 43.9. The van der Waals surface area contributed by atoms with Gasteiger partial charge in [-0.05, 0) is 56.5 Å². The van der Waals surface area contributed by atoms with E-state index >= 15 is 0 Å². The van der Waals surface area contributed by atoms with Gasteiger partial charge in [-0.25, -0.2) is 8.42 Å². The number of aromatic nitrogens is 2. The minimum absolute atomic E-state index is 0. The zero-order valence-corrected chi connectivity index (χ0v) is 29.8. The summed E-state index contributed by atoms with van der Waals surface area (Å²) in [6.45, 7) is 7.53. The fourth-order valence-electron chi connectivity index (χ4n) is 5.50. The Morgan fingerprint density at radius 3 is 2.38 bits per heavy atom. The molecule has 0 bridgehead atoms. The summed E-state index contributed by atoms with van der Waals surface area (Å²) in [5.41, 5.74) is 3.30. The largest absolute Gasteiger partial charge is 0.744 e. The molecule has 250 valence electrons. The fourth-order valence-corrected chi connectivity index (χ4v) is 9.77. The molecule has 1 aliphatic heterocycles. The lowest BCUT2D eigenvalue weighted by molar-refractivity contribution is -0.665. The van der Waals surface area contributed by atoms with Crippen LogP contribution in [0.3, 0.4) is 0 Å². The average Bonchev–Trinajstić information content (AvgIpc) is 3.70. The van der Waals surface area contributed by atoms with Crippen LogP contribution in [0.1, 0.15) is 31.8 Å². The van der Waals surface area contributed by atoms with E-state index in [0.29, 0.717) is 6.54 Å². The van der Waals surface area contributed by atoms with Gasteiger partial charge in [0.2, 0.25) is 5.52 Å². The Morgan fingerprint density at radius 1 is 0.979 bits per heavy atom. The lowest BCUT2D eigenvalue weighted by Crippen LogP contribution is -2.35. The first-order valence-corrected chi connectivity index (χ1v) is 18.8. The highest BCUT2D eigenvalue weighted by Gasteiger charge is 2.26. The molecule has 0 N–H and O–H groups in total. The van der Waals surface area contributed by atoms with Gasteiger partial charge >= 0.3 is 0 Å². The molecule has 0 unspecified atom stereocenters. The number of thioether (sulfide) groups is 1. The van der Waals surface area contributed by atoms with Crippen molar-refractivity contribution in [2.24, 2.45) is 0 Å². The van der Waals surface area contributed by atoms with E-state index in [1.54, 1.807) is 53.7 Å². The van der Waals surface area contributed by atoms with Crippen molar-refractivity contribution >= 4 is 82.3 Å². The highest BCUT2D eigenvalue weighted by molar-refractivity contribution is 8.08. The summed E-state index contributed by atoms with van der Waals surface area (Å²) in [6.07, 6.45) is 2.19. The highest BCUT2D eigenvalue weighted by Crippen LogP contribution is 2.46. The van der Waals surface area contributed by atoms with E-state index in [9.17, 15) is 17.8 Å². The molecule has 48 heavy (non-hydrogen) atoms. The van der Waals surface area contributed by atoms with Crippen molar-refractivity contribution in [2.75, 3.05) is 19.1 Å². The molecular formula is C36H37N3O5S4. The molecule has 0 aliphatic carbocycles. The Hall–Kier alpha value is -3.94. The molecule has 1 aliphatic rings. The molecule has 0 fully saturated rings. The summed E-state index contributed by atoms with van der Waals surface area (Å²) in [6, 6.07) is 24.8. The predicted molar refractivity (Wildman–Crippen MR) is 199 cm³/mol. The molecule has 0 saturated carbocycles. The second-order valence-electron chi connectivity index (χ2n) is 10.8. The Morgan fingerprint density at radius 2 is 1.71 bits per heavy atom. The van der Waals surface area contributed by atoms with E-state index in [2.05, 4.69) is 64.9 Å². The van der Waals surface area contributed by atoms with Gasteiger partial charge in [-0.1, -0.05) is 72.5 Å². The summed E-state index contributed by atoms with van der Waals surface area (Å²) in [7, 11) is -0.571. The highest BCUT2D eigenvalue weighted by atomic mass is 32.2. The average molecular weight is 720 g/mol. The van der Waals surface area contributed by atoms with Crippen LogP contribution in [0.2, 0.25) is 0 Å². The first-order chi connectivity index (χ1) is 22.5. The summed E-state index contributed by atoms with van der Waals surface area (Å²) in [4.78, 5) is 16.6. The number of ether oxygens (including phenoxy) is 1. The summed E-state index contributed by atoms with van der Waals surface area (Å²) in [5.74, 6) is 0.815. The topological polar surface area (TPSA) is 95.6 Å². The maximum Gasteiger partial charge on any atom is 0.271 e. The standard InChI is InChI=1S/C28H26N3O2S3.C7H8O3S.CH4/c1-5-30-20-13-11-17-9-7-8-10-19(17)25(20)35-23(30)16-24-31(6-2)27(32)26(36-24)28-29(3)21-15-18(33-4)12-14-22(21)34-28;1-6-2-4-7(5-3-6)11(8,9)10;/h7-16H,5-6H2,1-4H3;2-5H,1H3,(H,8,9,10);1H4/q+1;;/p-1/b28-26-;;. The molecule has 12 heteroatoms. The Kier molecular flexibility index (Phi) is 10.5. The number of nitrogens with zero attached hydrogens (tertiary/aromatic N) is 3. The number of fused-ring (bicyclic) bond motifs is 4. The van der Waals surface area contributed by atoms with Crippen molar-refractivity contribution in [3.05, 3.63) is 109 Å². The Bertz CT molecular complexity index is 2430. The second kappa shape index (κ2) is 14.3. The SMILES string of the molecule is C.CCn1c(=Cc2sc3c4ccccc4ccc3[n+]2CC)s/c(=C2\Sc3ccc(OC)cc3N2C)c1=O.Cc1ccc(S(=O)(=O)[O-])cc1. The zero-order chi connectivity index (χ0) is 33.5.